The molecule has 206 valence electrons. The van der Waals surface area contributed by atoms with E-state index in [0.717, 1.165) is 22.7 Å². The number of ether oxygens (including phenoxy) is 2. The van der Waals surface area contributed by atoms with Gasteiger partial charge in [0.25, 0.3) is 0 Å². The normalized spacial score (nSPS) is 21.5. The van der Waals surface area contributed by atoms with Gasteiger partial charge in [-0.1, -0.05) is 30.3 Å². The smallest absolute Gasteiger partial charge is 0.246 e. The van der Waals surface area contributed by atoms with Gasteiger partial charge in [0.2, 0.25) is 5.91 Å². The van der Waals surface area contributed by atoms with Crippen LogP contribution in [0, 0.1) is 12.7 Å². The highest BCUT2D eigenvalue weighted by Gasteiger charge is 2.49. The van der Waals surface area contributed by atoms with Gasteiger partial charge >= 0.3 is 0 Å². The quantitative estimate of drug-likeness (QED) is 0.419. The second-order valence-corrected chi connectivity index (χ2v) is 11.0. The van der Waals surface area contributed by atoms with Gasteiger partial charge in [0, 0.05) is 31.4 Å². The Labute approximate surface area is 240 Å². The van der Waals surface area contributed by atoms with Crippen molar-refractivity contribution in [1.29, 1.82) is 0 Å². The van der Waals surface area contributed by atoms with Gasteiger partial charge in [0.05, 0.1) is 29.0 Å². The number of aromatic nitrogens is 2. The second-order valence-electron chi connectivity index (χ2n) is 10.6. The van der Waals surface area contributed by atoms with Gasteiger partial charge in [0.1, 0.15) is 35.5 Å². The largest absolute Gasteiger partial charge is 0.492 e. The molecule has 0 bridgehead atoms. The first kappa shape index (κ1) is 24.4. The first-order valence-electron chi connectivity index (χ1n) is 13.5. The number of aliphatic imine (C=N–C) groups is 1. The number of carbonyl (C=O) groups is 1. The van der Waals surface area contributed by atoms with Crippen LogP contribution in [0.2, 0.25) is 5.02 Å². The summed E-state index contributed by atoms with van der Waals surface area (Å²) in [5.41, 5.74) is 3.92. The van der Waals surface area contributed by atoms with Crippen LogP contribution in [0.1, 0.15) is 22.7 Å². The van der Waals surface area contributed by atoms with Crippen LogP contribution in [0.25, 0.3) is 11.3 Å². The molecular formula is C30H24ClFN6O3. The number of rotatable bonds is 2. The molecule has 1 aromatic carbocycles. The maximum absolute atomic E-state index is 15.2. The van der Waals surface area contributed by atoms with Crippen molar-refractivity contribution in [1.82, 2.24) is 19.8 Å². The van der Waals surface area contributed by atoms with E-state index in [1.54, 1.807) is 29.3 Å². The summed E-state index contributed by atoms with van der Waals surface area (Å²) in [6.45, 7) is 7.89. The third-order valence-corrected chi connectivity index (χ3v) is 8.73. The minimum Gasteiger partial charge on any atom is -0.492 e. The first-order chi connectivity index (χ1) is 20.0. The number of halogens is 2. The Kier molecular flexibility index (Phi) is 5.22. The Morgan fingerprint density at radius 2 is 2.05 bits per heavy atom. The SMILES string of the molecule is C=CC(=O)N1CCN2C3=NC4=C5OCC5c5nccc(C)c5N4c4nc(-c5ccccc5F)c(Cl)c(c43)OC[C@H]2C1. The molecule has 0 saturated carbocycles. The van der Waals surface area contributed by atoms with Crippen LogP contribution in [0.5, 0.6) is 5.75 Å². The van der Waals surface area contributed by atoms with Crippen molar-refractivity contribution in [3.05, 3.63) is 88.4 Å². The third kappa shape index (κ3) is 3.34. The van der Waals surface area contributed by atoms with Gasteiger partial charge < -0.3 is 19.3 Å². The van der Waals surface area contributed by atoms with Crippen molar-refractivity contribution in [2.24, 2.45) is 4.99 Å². The maximum Gasteiger partial charge on any atom is 0.246 e. The summed E-state index contributed by atoms with van der Waals surface area (Å²) in [6, 6.07) is 8.16. The van der Waals surface area contributed by atoms with Crippen LogP contribution < -0.4 is 9.64 Å². The summed E-state index contributed by atoms with van der Waals surface area (Å²) in [5, 5.41) is 0.203. The summed E-state index contributed by atoms with van der Waals surface area (Å²) in [6.07, 6.45) is 3.13. The number of amidine groups is 1. The van der Waals surface area contributed by atoms with E-state index in [2.05, 4.69) is 11.5 Å². The molecule has 2 aromatic heterocycles. The lowest BCUT2D eigenvalue weighted by Crippen LogP contribution is -2.58. The number of aryl methyl sites for hydroxylation is 1. The van der Waals surface area contributed by atoms with Crippen molar-refractivity contribution < 1.29 is 18.7 Å². The molecule has 7 heterocycles. The van der Waals surface area contributed by atoms with Crippen molar-refractivity contribution in [3.8, 4) is 17.0 Å². The maximum atomic E-state index is 15.2. The van der Waals surface area contributed by atoms with Crippen LogP contribution in [0.3, 0.4) is 0 Å². The molecule has 0 N–H and O–H groups in total. The van der Waals surface area contributed by atoms with E-state index >= 15 is 4.39 Å². The standard InChI is InChI=1S/C30H24ClFN6O3/c1-3-20(39)36-10-11-37-16(12-36)13-40-27-21-28(37)35-30-26-18(14-41-26)24-25(15(2)8-9-33-24)38(30)29(21)34-23(22(27)31)17-6-4-5-7-19(17)32/h3-9,16,18H,1,10-14H2,2H3/t16-,18?/m1/s1. The molecule has 1 amide bonds. The van der Waals surface area contributed by atoms with Crippen LogP contribution >= 0.6 is 11.6 Å². The highest BCUT2D eigenvalue weighted by Crippen LogP contribution is 2.55. The third-order valence-electron chi connectivity index (χ3n) is 8.38. The topological polar surface area (TPSA) is 83.4 Å². The molecule has 5 aliphatic heterocycles. The van der Waals surface area contributed by atoms with Crippen molar-refractivity contribution in [2.45, 2.75) is 18.9 Å². The van der Waals surface area contributed by atoms with Crippen LogP contribution in [-0.2, 0) is 9.53 Å². The van der Waals surface area contributed by atoms with Gasteiger partial charge in [-0.2, -0.15) is 0 Å². The van der Waals surface area contributed by atoms with Crippen molar-refractivity contribution >= 4 is 34.8 Å². The predicted molar refractivity (Wildman–Crippen MR) is 151 cm³/mol. The average molecular weight is 571 g/mol. The number of anilines is 2. The van der Waals surface area contributed by atoms with Gasteiger partial charge in [-0.25, -0.2) is 14.4 Å². The summed E-state index contributed by atoms with van der Waals surface area (Å²) in [4.78, 5) is 33.3. The minimum atomic E-state index is -0.443. The molecule has 8 rings (SSSR count). The van der Waals surface area contributed by atoms with Gasteiger partial charge in [-0.15, -0.1) is 0 Å². The lowest BCUT2D eigenvalue weighted by molar-refractivity contribution is -0.128. The molecule has 2 fully saturated rings. The molecule has 2 saturated heterocycles. The summed E-state index contributed by atoms with van der Waals surface area (Å²) in [7, 11) is 0. The number of pyridine rings is 2. The average Bonchev–Trinajstić information content (AvgIpc) is 3.12. The van der Waals surface area contributed by atoms with Crippen LogP contribution in [0.4, 0.5) is 15.9 Å². The molecule has 1 unspecified atom stereocenters. The molecule has 41 heavy (non-hydrogen) atoms. The second kappa shape index (κ2) is 8.78. The number of hydrogen-bond donors (Lipinski definition) is 0. The van der Waals surface area contributed by atoms with E-state index in [1.807, 2.05) is 17.9 Å². The lowest BCUT2D eigenvalue weighted by atomic mass is 9.90. The Bertz CT molecular complexity index is 1760. The Hall–Kier alpha value is -4.44. The van der Waals surface area contributed by atoms with E-state index in [9.17, 15) is 4.79 Å². The minimum absolute atomic E-state index is 0.0141. The fraction of sp³-hybridized carbons (Fsp3) is 0.267. The summed E-state index contributed by atoms with van der Waals surface area (Å²) < 4.78 is 27.6. The highest BCUT2D eigenvalue weighted by molar-refractivity contribution is 6.35. The zero-order valence-corrected chi connectivity index (χ0v) is 22.9. The summed E-state index contributed by atoms with van der Waals surface area (Å²) in [5.74, 6) is 2.31. The monoisotopic (exact) mass is 570 g/mol. The number of piperazine rings is 1. The number of amides is 1. The Balaban J connectivity index is 1.40. The fourth-order valence-electron chi connectivity index (χ4n) is 6.33. The number of fused-ring (bicyclic) bond motifs is 8. The molecule has 9 nitrogen and oxygen atoms in total. The Morgan fingerprint density at radius 1 is 1.20 bits per heavy atom. The van der Waals surface area contributed by atoms with Gasteiger partial charge in [-0.3, -0.25) is 14.7 Å². The summed E-state index contributed by atoms with van der Waals surface area (Å²) >= 11 is 7.02. The van der Waals surface area contributed by atoms with E-state index in [1.165, 1.54) is 12.1 Å². The molecule has 0 radical (unpaired) electrons. The van der Waals surface area contributed by atoms with Crippen molar-refractivity contribution in [2.75, 3.05) is 37.7 Å². The van der Waals surface area contributed by atoms with E-state index in [-0.39, 0.29) is 40.8 Å². The fourth-order valence-corrected chi connectivity index (χ4v) is 6.62. The van der Waals surface area contributed by atoms with Gasteiger partial charge in [-0.05, 0) is 36.8 Å². The molecule has 2 atom stereocenters. The molecule has 11 heteroatoms. The van der Waals surface area contributed by atoms with E-state index < -0.39 is 5.82 Å². The molecule has 0 spiro atoms. The zero-order chi connectivity index (χ0) is 28.0. The zero-order valence-electron chi connectivity index (χ0n) is 22.1. The van der Waals surface area contributed by atoms with Crippen LogP contribution in [-0.4, -0.2) is 70.4 Å². The van der Waals surface area contributed by atoms with Crippen molar-refractivity contribution in [3.63, 3.8) is 0 Å². The number of nitrogens with zero attached hydrogens (tertiary/aromatic N) is 6. The lowest BCUT2D eigenvalue weighted by Gasteiger charge is -2.46. The molecule has 5 aliphatic rings. The number of benzene rings is 1. The molecule has 3 aromatic rings. The van der Waals surface area contributed by atoms with Gasteiger partial charge in [0.15, 0.2) is 23.1 Å². The molecule has 0 aliphatic carbocycles. The Morgan fingerprint density at radius 3 is 2.83 bits per heavy atom. The number of hydrogen-bond acceptors (Lipinski definition) is 8. The first-order valence-corrected chi connectivity index (χ1v) is 13.8. The van der Waals surface area contributed by atoms with Crippen LogP contribution in [0.15, 0.2) is 65.8 Å². The molecular weight excluding hydrogens is 547 g/mol. The van der Waals surface area contributed by atoms with E-state index in [0.29, 0.717) is 55.0 Å². The van der Waals surface area contributed by atoms with E-state index in [4.69, 9.17) is 36.0 Å². The highest BCUT2D eigenvalue weighted by atomic mass is 35.5. The predicted octanol–water partition coefficient (Wildman–Crippen LogP) is 4.53. The number of carbonyl (C=O) groups excluding carboxylic acids is 1.